The zero-order valence-electron chi connectivity index (χ0n) is 16.9. The van der Waals surface area contributed by atoms with Crippen molar-refractivity contribution < 1.29 is 5.11 Å². The van der Waals surface area contributed by atoms with Gasteiger partial charge in [0.25, 0.3) is 0 Å². The highest BCUT2D eigenvalue weighted by Crippen LogP contribution is 2.28. The van der Waals surface area contributed by atoms with E-state index in [4.69, 9.17) is 0 Å². The van der Waals surface area contributed by atoms with Gasteiger partial charge in [-0.3, -0.25) is 4.90 Å². The Labute approximate surface area is 168 Å². The first-order valence-corrected chi connectivity index (χ1v) is 10.3. The van der Waals surface area contributed by atoms with Crippen LogP contribution in [0.2, 0.25) is 0 Å². The van der Waals surface area contributed by atoms with Gasteiger partial charge in [-0.15, -0.1) is 0 Å². The number of phenols is 1. The molecule has 0 bridgehead atoms. The van der Waals surface area contributed by atoms with Crippen molar-refractivity contribution in [1.29, 1.82) is 0 Å². The molecule has 0 aromatic heterocycles. The van der Waals surface area contributed by atoms with Crippen LogP contribution in [0.5, 0.6) is 5.75 Å². The third-order valence-electron chi connectivity index (χ3n) is 6.30. The van der Waals surface area contributed by atoms with Gasteiger partial charge in [0.15, 0.2) is 0 Å². The van der Waals surface area contributed by atoms with E-state index < -0.39 is 0 Å². The molecule has 1 aliphatic heterocycles. The van der Waals surface area contributed by atoms with Crippen LogP contribution in [0.15, 0.2) is 77.9 Å². The Bertz CT molecular complexity index is 981. The van der Waals surface area contributed by atoms with Gasteiger partial charge in [0, 0.05) is 19.1 Å². The molecule has 2 nitrogen and oxygen atoms in total. The van der Waals surface area contributed by atoms with Crippen molar-refractivity contribution in [2.24, 2.45) is 0 Å². The summed E-state index contributed by atoms with van der Waals surface area (Å²) in [5, 5.41) is 12.3. The van der Waals surface area contributed by atoms with Crippen LogP contribution in [0.4, 0.5) is 0 Å². The Morgan fingerprint density at radius 3 is 2.50 bits per heavy atom. The number of aromatic hydroxyl groups is 1. The lowest BCUT2D eigenvalue weighted by molar-refractivity contribution is 0.209. The summed E-state index contributed by atoms with van der Waals surface area (Å²) in [5.74, 6) is 0.337. The second kappa shape index (κ2) is 8.20. The predicted octanol–water partition coefficient (Wildman–Crippen LogP) is 5.74. The molecule has 0 saturated carbocycles. The molecule has 1 heterocycles. The Balaban J connectivity index is 1.54. The van der Waals surface area contributed by atoms with Gasteiger partial charge in [-0.05, 0) is 67.1 Å². The van der Waals surface area contributed by atoms with Crippen LogP contribution in [0.3, 0.4) is 0 Å². The van der Waals surface area contributed by atoms with Gasteiger partial charge in [-0.1, -0.05) is 65.7 Å². The molecule has 1 atom stereocenters. The first kappa shape index (κ1) is 18.8. The van der Waals surface area contributed by atoms with Gasteiger partial charge in [-0.2, -0.15) is 0 Å². The minimum atomic E-state index is 0.337. The zero-order chi connectivity index (χ0) is 19.5. The summed E-state index contributed by atoms with van der Waals surface area (Å²) in [6.07, 6.45) is 3.23. The Morgan fingerprint density at radius 1 is 0.929 bits per heavy atom. The lowest BCUT2D eigenvalue weighted by Crippen LogP contribution is -2.43. The van der Waals surface area contributed by atoms with Crippen LogP contribution in [0.25, 0.3) is 10.8 Å². The molecule has 0 aliphatic carbocycles. The highest BCUT2D eigenvalue weighted by atomic mass is 16.3. The fraction of sp³-hybridized carbons (Fsp3) is 0.308. The minimum absolute atomic E-state index is 0.337. The average molecular weight is 372 g/mol. The number of rotatable bonds is 5. The monoisotopic (exact) mass is 371 g/mol. The van der Waals surface area contributed by atoms with Gasteiger partial charge in [0.05, 0.1) is 0 Å². The molecule has 3 aromatic carbocycles. The van der Waals surface area contributed by atoms with Crippen LogP contribution >= 0.6 is 0 Å². The number of benzene rings is 3. The number of nitrogens with zero attached hydrogens (tertiary/aromatic N) is 1. The molecule has 4 rings (SSSR count). The fourth-order valence-corrected chi connectivity index (χ4v) is 4.40. The van der Waals surface area contributed by atoms with Crippen LogP contribution in [-0.2, 0) is 12.8 Å². The summed E-state index contributed by atoms with van der Waals surface area (Å²) in [6.45, 7) is 6.77. The first-order chi connectivity index (χ1) is 13.6. The second-order valence-electron chi connectivity index (χ2n) is 8.02. The highest BCUT2D eigenvalue weighted by molar-refractivity contribution is 5.85. The number of phenolic OH excluding ortho intramolecular Hbond substituents is 1. The smallest absolute Gasteiger partial charge is 0.115 e. The third kappa shape index (κ3) is 3.98. The molecular formula is C26H29NO. The summed E-state index contributed by atoms with van der Waals surface area (Å²) >= 11 is 0. The van der Waals surface area contributed by atoms with E-state index >= 15 is 0 Å². The van der Waals surface area contributed by atoms with Crippen molar-refractivity contribution in [2.75, 3.05) is 13.1 Å². The maximum Gasteiger partial charge on any atom is 0.115 e. The predicted molar refractivity (Wildman–Crippen MR) is 118 cm³/mol. The van der Waals surface area contributed by atoms with E-state index in [9.17, 15) is 5.11 Å². The van der Waals surface area contributed by atoms with E-state index in [2.05, 4.69) is 73.3 Å². The molecule has 0 radical (unpaired) electrons. The molecule has 28 heavy (non-hydrogen) atoms. The van der Waals surface area contributed by atoms with Crippen LogP contribution in [0.1, 0.15) is 31.4 Å². The largest absolute Gasteiger partial charge is 0.508 e. The number of fused-ring (bicyclic) bond motifs is 1. The van der Waals surface area contributed by atoms with Crippen LogP contribution in [-0.4, -0.2) is 29.1 Å². The summed E-state index contributed by atoms with van der Waals surface area (Å²) < 4.78 is 0. The van der Waals surface area contributed by atoms with Crippen molar-refractivity contribution in [3.05, 3.63) is 89.0 Å². The maximum atomic E-state index is 9.59. The van der Waals surface area contributed by atoms with E-state index in [1.54, 1.807) is 12.1 Å². The summed E-state index contributed by atoms with van der Waals surface area (Å²) in [6, 6.07) is 23.5. The van der Waals surface area contributed by atoms with E-state index in [-0.39, 0.29) is 0 Å². The van der Waals surface area contributed by atoms with Crippen LogP contribution in [0, 0.1) is 0 Å². The Morgan fingerprint density at radius 2 is 1.68 bits per heavy atom. The molecule has 0 fully saturated rings. The van der Waals surface area contributed by atoms with Crippen LogP contribution < -0.4 is 0 Å². The molecule has 2 heteroatoms. The molecule has 0 amide bonds. The Hall–Kier alpha value is -2.58. The SMILES string of the molecule is CC1=C(C)C(Cc2ccc(O)cc2)N(CCc2cccc3ccccc23)CC1. The van der Waals surface area contributed by atoms with Crippen molar-refractivity contribution in [1.82, 2.24) is 4.90 Å². The van der Waals surface area contributed by atoms with Crippen molar-refractivity contribution >= 4 is 10.8 Å². The minimum Gasteiger partial charge on any atom is -0.508 e. The van der Waals surface area contributed by atoms with Gasteiger partial charge < -0.3 is 5.11 Å². The van der Waals surface area contributed by atoms with E-state index in [1.807, 2.05) is 0 Å². The molecular weight excluding hydrogens is 342 g/mol. The van der Waals surface area contributed by atoms with Crippen molar-refractivity contribution in [3.63, 3.8) is 0 Å². The van der Waals surface area contributed by atoms with E-state index in [0.29, 0.717) is 11.8 Å². The third-order valence-corrected chi connectivity index (χ3v) is 6.30. The lowest BCUT2D eigenvalue weighted by Gasteiger charge is -2.38. The zero-order valence-corrected chi connectivity index (χ0v) is 16.9. The molecule has 0 spiro atoms. The molecule has 1 N–H and O–H groups in total. The summed E-state index contributed by atoms with van der Waals surface area (Å²) in [7, 11) is 0. The standard InChI is InChI=1S/C26H29NO/c1-19-14-16-27(26(20(19)2)18-21-10-12-24(28)13-11-21)17-15-23-8-5-7-22-6-3-4-9-25(22)23/h3-13,26,28H,14-18H2,1-2H3. The molecule has 1 unspecified atom stereocenters. The van der Waals surface area contributed by atoms with Crippen molar-refractivity contribution in [3.8, 4) is 5.75 Å². The highest BCUT2D eigenvalue weighted by Gasteiger charge is 2.25. The number of hydrogen-bond donors (Lipinski definition) is 1. The first-order valence-electron chi connectivity index (χ1n) is 10.3. The number of hydrogen-bond acceptors (Lipinski definition) is 2. The normalized spacial score (nSPS) is 18.0. The molecule has 0 saturated heterocycles. The van der Waals surface area contributed by atoms with Crippen molar-refractivity contribution in [2.45, 2.75) is 39.2 Å². The molecule has 3 aromatic rings. The summed E-state index contributed by atoms with van der Waals surface area (Å²) in [5.41, 5.74) is 5.76. The van der Waals surface area contributed by atoms with Gasteiger partial charge >= 0.3 is 0 Å². The van der Waals surface area contributed by atoms with Gasteiger partial charge in [-0.25, -0.2) is 0 Å². The average Bonchev–Trinajstić information content (AvgIpc) is 2.72. The van der Waals surface area contributed by atoms with E-state index in [0.717, 1.165) is 32.4 Å². The molecule has 1 aliphatic rings. The van der Waals surface area contributed by atoms with E-state index in [1.165, 1.54) is 33.0 Å². The topological polar surface area (TPSA) is 23.5 Å². The Kier molecular flexibility index (Phi) is 5.50. The molecule has 144 valence electrons. The summed E-state index contributed by atoms with van der Waals surface area (Å²) in [4.78, 5) is 2.65. The lowest BCUT2D eigenvalue weighted by atomic mass is 9.89. The quantitative estimate of drug-likeness (QED) is 0.578. The van der Waals surface area contributed by atoms with Gasteiger partial charge in [0.2, 0.25) is 0 Å². The second-order valence-corrected chi connectivity index (χ2v) is 8.02. The van der Waals surface area contributed by atoms with Gasteiger partial charge in [0.1, 0.15) is 5.75 Å². The fourth-order valence-electron chi connectivity index (χ4n) is 4.40. The maximum absolute atomic E-state index is 9.59.